The van der Waals surface area contributed by atoms with Gasteiger partial charge in [0.05, 0.1) is 13.2 Å². The Balaban J connectivity index is 1.59. The van der Waals surface area contributed by atoms with Crippen molar-refractivity contribution in [3.8, 4) is 0 Å². The summed E-state index contributed by atoms with van der Waals surface area (Å²) in [5.74, 6) is -1.25. The third-order valence-corrected chi connectivity index (χ3v) is 5.93. The lowest BCUT2D eigenvalue weighted by Gasteiger charge is -2.09. The highest BCUT2D eigenvalue weighted by atomic mass is 35.5. The van der Waals surface area contributed by atoms with E-state index in [1.165, 1.54) is 0 Å². The maximum atomic E-state index is 13.1. The van der Waals surface area contributed by atoms with Gasteiger partial charge in [-0.05, 0) is 55.0 Å². The minimum Gasteiger partial charge on any atom is -0.481 e. The number of carboxylic acid groups (broad SMARTS) is 1. The van der Waals surface area contributed by atoms with E-state index in [0.29, 0.717) is 35.9 Å². The van der Waals surface area contributed by atoms with Crippen molar-refractivity contribution < 1.29 is 19.4 Å². The smallest absolute Gasteiger partial charge is 0.303 e. The van der Waals surface area contributed by atoms with Crippen molar-refractivity contribution in [1.82, 2.24) is 4.98 Å². The second-order valence-corrected chi connectivity index (χ2v) is 9.08. The van der Waals surface area contributed by atoms with Gasteiger partial charge in [0.15, 0.2) is 11.5 Å². The molecular weight excluding hydrogens is 452 g/mol. The predicted molar refractivity (Wildman–Crippen MR) is 134 cm³/mol. The number of aromatic amines is 1. The Hall–Kier alpha value is -3.14. The van der Waals surface area contributed by atoms with E-state index in [-0.39, 0.29) is 24.5 Å². The zero-order chi connectivity index (χ0) is 24.5. The van der Waals surface area contributed by atoms with Gasteiger partial charge in [0, 0.05) is 46.6 Å². The molecule has 1 unspecified atom stereocenters. The number of H-pyrrole nitrogens is 1. The van der Waals surface area contributed by atoms with E-state index in [9.17, 15) is 9.59 Å². The number of ketones is 1. The molecule has 0 aliphatic rings. The SMILES string of the molecule is [C-]#[N+]c1ccc2[nH]c(CCCCCOCc3cccc(Cl)c3)c(C(=O)CC(C)CC(=O)O)c2c1. The summed E-state index contributed by atoms with van der Waals surface area (Å²) >= 11 is 5.99. The Kier molecular flexibility index (Phi) is 9.26. The first kappa shape index (κ1) is 25.5. The zero-order valence-electron chi connectivity index (χ0n) is 19.3. The van der Waals surface area contributed by atoms with Gasteiger partial charge in [0.25, 0.3) is 0 Å². The van der Waals surface area contributed by atoms with E-state index in [1.54, 1.807) is 19.1 Å². The number of rotatable bonds is 13. The minimum atomic E-state index is -0.910. The Morgan fingerprint density at radius 1 is 1.15 bits per heavy atom. The molecule has 2 aromatic carbocycles. The number of aliphatic carboxylic acids is 1. The number of unbranched alkanes of at least 4 members (excludes halogenated alkanes) is 2. The first-order chi connectivity index (χ1) is 16.4. The number of Topliss-reactive ketones (excluding diaryl/α,β-unsaturated/α-hetero) is 1. The van der Waals surface area contributed by atoms with Crippen molar-refractivity contribution in [2.45, 2.75) is 52.1 Å². The number of nitrogens with zero attached hydrogens (tertiary/aromatic N) is 1. The van der Waals surface area contributed by atoms with E-state index >= 15 is 0 Å². The van der Waals surface area contributed by atoms with Crippen molar-refractivity contribution >= 4 is 39.9 Å². The van der Waals surface area contributed by atoms with Gasteiger partial charge in [-0.3, -0.25) is 9.59 Å². The van der Waals surface area contributed by atoms with Crippen LogP contribution in [0.5, 0.6) is 0 Å². The van der Waals surface area contributed by atoms with Crippen molar-refractivity contribution in [2.24, 2.45) is 5.92 Å². The minimum absolute atomic E-state index is 0.0497. The number of carbonyl (C=O) groups excluding carboxylic acids is 1. The summed E-state index contributed by atoms with van der Waals surface area (Å²) in [4.78, 5) is 31.0. The number of halogens is 1. The van der Waals surface area contributed by atoms with Crippen LogP contribution in [0.25, 0.3) is 15.7 Å². The predicted octanol–water partition coefficient (Wildman–Crippen LogP) is 6.99. The van der Waals surface area contributed by atoms with E-state index < -0.39 is 5.97 Å². The summed E-state index contributed by atoms with van der Waals surface area (Å²) < 4.78 is 5.74. The largest absolute Gasteiger partial charge is 0.481 e. The van der Waals surface area contributed by atoms with Crippen molar-refractivity contribution in [3.05, 3.63) is 75.7 Å². The van der Waals surface area contributed by atoms with Crippen LogP contribution in [0, 0.1) is 12.5 Å². The molecule has 3 aromatic rings. The van der Waals surface area contributed by atoms with Crippen LogP contribution >= 0.6 is 11.6 Å². The number of aryl methyl sites for hydroxylation is 1. The topological polar surface area (TPSA) is 83.8 Å². The van der Waals surface area contributed by atoms with Crippen LogP contribution < -0.4 is 0 Å². The van der Waals surface area contributed by atoms with Gasteiger partial charge >= 0.3 is 5.97 Å². The first-order valence-electron chi connectivity index (χ1n) is 11.5. The summed E-state index contributed by atoms with van der Waals surface area (Å²) in [6.45, 7) is 10.2. The molecule has 0 bridgehead atoms. The zero-order valence-corrected chi connectivity index (χ0v) is 20.0. The first-order valence-corrected chi connectivity index (χ1v) is 11.8. The van der Waals surface area contributed by atoms with Crippen LogP contribution in [0.4, 0.5) is 5.69 Å². The van der Waals surface area contributed by atoms with Crippen LogP contribution in [-0.2, 0) is 22.6 Å². The molecule has 7 heteroatoms. The number of carbonyl (C=O) groups is 2. The Labute approximate surface area is 204 Å². The average Bonchev–Trinajstić information content (AvgIpc) is 3.15. The number of hydrogen-bond donors (Lipinski definition) is 2. The monoisotopic (exact) mass is 480 g/mol. The van der Waals surface area contributed by atoms with E-state index in [0.717, 1.165) is 41.4 Å². The fraction of sp³-hybridized carbons (Fsp3) is 0.370. The molecule has 0 aliphatic carbocycles. The molecular formula is C27H29ClN2O4. The highest BCUT2D eigenvalue weighted by Crippen LogP contribution is 2.30. The molecule has 0 aliphatic heterocycles. The molecule has 0 fully saturated rings. The third-order valence-electron chi connectivity index (χ3n) is 5.70. The summed E-state index contributed by atoms with van der Waals surface area (Å²) in [5, 5.41) is 10.5. The lowest BCUT2D eigenvalue weighted by molar-refractivity contribution is -0.137. The molecule has 1 atom stereocenters. The number of nitrogens with one attached hydrogen (secondary N) is 1. The highest BCUT2D eigenvalue weighted by Gasteiger charge is 2.21. The number of fused-ring (bicyclic) bond motifs is 1. The Morgan fingerprint density at radius 3 is 2.71 bits per heavy atom. The van der Waals surface area contributed by atoms with Gasteiger partial charge in [-0.1, -0.05) is 43.1 Å². The standard InChI is InChI=1S/C27H29ClN2O4/c1-18(14-26(32)33)13-25(31)27-22-16-21(29-2)10-11-23(22)30-24(27)9-4-3-5-12-34-17-19-7-6-8-20(28)15-19/h6-8,10-11,15-16,18,30H,3-5,9,12-14,17H2,1H3,(H,32,33). The number of carboxylic acids is 1. The van der Waals surface area contributed by atoms with Gasteiger partial charge < -0.3 is 14.8 Å². The molecule has 3 rings (SSSR count). The molecule has 0 radical (unpaired) electrons. The third kappa shape index (κ3) is 7.18. The van der Waals surface area contributed by atoms with Crippen LogP contribution in [0.3, 0.4) is 0 Å². The van der Waals surface area contributed by atoms with Crippen molar-refractivity contribution in [2.75, 3.05) is 6.61 Å². The fourth-order valence-corrected chi connectivity index (χ4v) is 4.31. The summed E-state index contributed by atoms with van der Waals surface area (Å²) in [7, 11) is 0. The second kappa shape index (κ2) is 12.4. The van der Waals surface area contributed by atoms with E-state index in [4.69, 9.17) is 28.0 Å². The molecule has 1 heterocycles. The van der Waals surface area contributed by atoms with Gasteiger partial charge in [0.1, 0.15) is 0 Å². The number of ether oxygens (including phenoxy) is 1. The highest BCUT2D eigenvalue weighted by molar-refractivity contribution is 6.30. The summed E-state index contributed by atoms with van der Waals surface area (Å²) in [6, 6.07) is 12.9. The van der Waals surface area contributed by atoms with Gasteiger partial charge in [-0.2, -0.15) is 0 Å². The van der Waals surface area contributed by atoms with Crippen molar-refractivity contribution in [3.63, 3.8) is 0 Å². The van der Waals surface area contributed by atoms with Crippen LogP contribution in [0.15, 0.2) is 42.5 Å². The number of benzene rings is 2. The molecule has 178 valence electrons. The number of hydrogen-bond acceptors (Lipinski definition) is 3. The van der Waals surface area contributed by atoms with Crippen LogP contribution in [0.2, 0.25) is 5.02 Å². The maximum Gasteiger partial charge on any atom is 0.303 e. The van der Waals surface area contributed by atoms with Crippen LogP contribution in [-0.4, -0.2) is 28.4 Å². The van der Waals surface area contributed by atoms with E-state index in [1.807, 2.05) is 30.3 Å². The van der Waals surface area contributed by atoms with E-state index in [2.05, 4.69) is 9.83 Å². The van der Waals surface area contributed by atoms with Crippen LogP contribution in [0.1, 0.15) is 60.6 Å². The summed E-state index contributed by atoms with van der Waals surface area (Å²) in [6.07, 6.45) is 3.54. The van der Waals surface area contributed by atoms with Gasteiger partial charge in [-0.15, -0.1) is 0 Å². The van der Waals surface area contributed by atoms with Gasteiger partial charge in [0.2, 0.25) is 0 Å². The molecule has 0 saturated carbocycles. The maximum absolute atomic E-state index is 13.1. The molecule has 0 spiro atoms. The lowest BCUT2D eigenvalue weighted by Crippen LogP contribution is -2.11. The summed E-state index contributed by atoms with van der Waals surface area (Å²) in [5.41, 5.74) is 3.79. The van der Waals surface area contributed by atoms with Crippen molar-refractivity contribution in [1.29, 1.82) is 0 Å². The molecule has 0 amide bonds. The number of aromatic nitrogens is 1. The normalized spacial score (nSPS) is 11.9. The Bertz CT molecular complexity index is 1200. The van der Waals surface area contributed by atoms with Gasteiger partial charge in [-0.25, -0.2) is 4.85 Å². The average molecular weight is 481 g/mol. The molecule has 0 saturated heterocycles. The molecule has 1 aromatic heterocycles. The Morgan fingerprint density at radius 2 is 1.97 bits per heavy atom. The quantitative estimate of drug-likeness (QED) is 0.157. The fourth-order valence-electron chi connectivity index (χ4n) is 4.10. The molecule has 6 nitrogen and oxygen atoms in total. The second-order valence-electron chi connectivity index (χ2n) is 8.64. The lowest BCUT2D eigenvalue weighted by atomic mass is 9.94. The molecule has 2 N–H and O–H groups in total. The molecule has 34 heavy (non-hydrogen) atoms.